The molecule has 0 fully saturated rings. The molecular formula is C15H16N4OS. The van der Waals surface area contributed by atoms with Crippen LogP contribution in [0, 0.1) is 13.8 Å². The molecule has 0 spiro atoms. The molecule has 1 aromatic carbocycles. The Morgan fingerprint density at radius 1 is 1.38 bits per heavy atom. The lowest BCUT2D eigenvalue weighted by Gasteiger charge is -2.05. The summed E-state index contributed by atoms with van der Waals surface area (Å²) in [6.45, 7) is 4.25. The Kier molecular flexibility index (Phi) is 3.47. The van der Waals surface area contributed by atoms with Gasteiger partial charge < -0.3 is 9.88 Å². The molecule has 108 valence electrons. The number of fused-ring (bicyclic) bond motifs is 1. The number of nitrogens with zero attached hydrogens (tertiary/aromatic N) is 3. The van der Waals surface area contributed by atoms with Crippen LogP contribution in [-0.4, -0.2) is 20.4 Å². The third-order valence-corrected chi connectivity index (χ3v) is 4.42. The molecule has 0 atom stereocenters. The number of hydrogen-bond donors (Lipinski definition) is 1. The van der Waals surface area contributed by atoms with Crippen molar-refractivity contribution < 1.29 is 4.79 Å². The average Bonchev–Trinajstić information content (AvgIpc) is 2.99. The molecule has 3 rings (SSSR count). The van der Waals surface area contributed by atoms with Crippen molar-refractivity contribution in [1.82, 2.24) is 19.9 Å². The van der Waals surface area contributed by atoms with E-state index in [1.165, 1.54) is 11.3 Å². The van der Waals surface area contributed by atoms with Gasteiger partial charge in [0.2, 0.25) is 0 Å². The summed E-state index contributed by atoms with van der Waals surface area (Å²) >= 11 is 1.42. The van der Waals surface area contributed by atoms with E-state index in [1.54, 1.807) is 6.33 Å². The number of aryl methyl sites for hydroxylation is 3. The van der Waals surface area contributed by atoms with Gasteiger partial charge in [0.15, 0.2) is 0 Å². The maximum absolute atomic E-state index is 12.2. The second kappa shape index (κ2) is 5.29. The van der Waals surface area contributed by atoms with Crippen LogP contribution >= 0.6 is 11.3 Å². The van der Waals surface area contributed by atoms with E-state index in [1.807, 2.05) is 43.7 Å². The molecular weight excluding hydrogens is 284 g/mol. The van der Waals surface area contributed by atoms with Crippen LogP contribution in [0.4, 0.5) is 0 Å². The fourth-order valence-corrected chi connectivity index (χ4v) is 3.13. The van der Waals surface area contributed by atoms with Gasteiger partial charge in [0, 0.05) is 13.6 Å². The molecule has 0 radical (unpaired) electrons. The summed E-state index contributed by atoms with van der Waals surface area (Å²) in [5.41, 5.74) is 3.84. The van der Waals surface area contributed by atoms with E-state index in [9.17, 15) is 4.79 Å². The van der Waals surface area contributed by atoms with Crippen molar-refractivity contribution in [3.8, 4) is 0 Å². The van der Waals surface area contributed by atoms with Crippen molar-refractivity contribution in [1.29, 1.82) is 0 Å². The van der Waals surface area contributed by atoms with Gasteiger partial charge in [-0.1, -0.05) is 6.07 Å². The number of aromatic nitrogens is 3. The third-order valence-electron chi connectivity index (χ3n) is 3.35. The number of carbonyl (C=O) groups excluding carboxylic acids is 1. The minimum Gasteiger partial charge on any atom is -0.347 e. The van der Waals surface area contributed by atoms with Gasteiger partial charge in [0.25, 0.3) is 5.91 Å². The molecule has 1 N–H and O–H groups in total. The zero-order chi connectivity index (χ0) is 15.0. The smallest absolute Gasteiger partial charge is 0.263 e. The Morgan fingerprint density at radius 2 is 2.19 bits per heavy atom. The Labute approximate surface area is 126 Å². The molecule has 21 heavy (non-hydrogen) atoms. The van der Waals surface area contributed by atoms with Crippen molar-refractivity contribution in [3.63, 3.8) is 0 Å². The van der Waals surface area contributed by atoms with Crippen molar-refractivity contribution in [2.45, 2.75) is 20.4 Å². The molecule has 0 bridgehead atoms. The highest BCUT2D eigenvalue weighted by atomic mass is 32.1. The predicted octanol–water partition coefficient (Wildman–Crippen LogP) is 2.58. The molecule has 5 nitrogen and oxygen atoms in total. The highest BCUT2D eigenvalue weighted by Gasteiger charge is 2.13. The van der Waals surface area contributed by atoms with Gasteiger partial charge in [0.05, 0.1) is 28.1 Å². The first-order valence-electron chi connectivity index (χ1n) is 6.67. The monoisotopic (exact) mass is 300 g/mol. The minimum atomic E-state index is -0.0702. The number of thiazole rings is 1. The van der Waals surface area contributed by atoms with E-state index in [0.29, 0.717) is 11.4 Å². The second-order valence-electron chi connectivity index (χ2n) is 5.01. The normalized spacial score (nSPS) is 11.0. The van der Waals surface area contributed by atoms with E-state index in [-0.39, 0.29) is 5.91 Å². The zero-order valence-corrected chi connectivity index (χ0v) is 13.0. The first-order chi connectivity index (χ1) is 10.0. The molecule has 1 amide bonds. The maximum atomic E-state index is 12.2. The number of benzene rings is 1. The quantitative estimate of drug-likeness (QED) is 0.808. The molecule has 0 saturated carbocycles. The summed E-state index contributed by atoms with van der Waals surface area (Å²) in [5, 5.41) is 3.85. The Balaban J connectivity index is 1.74. The molecule has 3 aromatic rings. The highest BCUT2D eigenvalue weighted by Crippen LogP contribution is 2.17. The number of rotatable bonds is 3. The van der Waals surface area contributed by atoms with Crippen LogP contribution in [-0.2, 0) is 13.6 Å². The van der Waals surface area contributed by atoms with Gasteiger partial charge in [-0.2, -0.15) is 0 Å². The summed E-state index contributed by atoms with van der Waals surface area (Å²) in [6.07, 6.45) is 1.79. The minimum absolute atomic E-state index is 0.0702. The number of imidazole rings is 1. The lowest BCUT2D eigenvalue weighted by molar-refractivity contribution is 0.0954. The summed E-state index contributed by atoms with van der Waals surface area (Å²) in [7, 11) is 1.96. The third kappa shape index (κ3) is 2.67. The number of carbonyl (C=O) groups is 1. The summed E-state index contributed by atoms with van der Waals surface area (Å²) in [6, 6.07) is 6.03. The van der Waals surface area contributed by atoms with Gasteiger partial charge in [-0.3, -0.25) is 4.79 Å². The van der Waals surface area contributed by atoms with Gasteiger partial charge in [-0.25, -0.2) is 9.97 Å². The van der Waals surface area contributed by atoms with Crippen molar-refractivity contribution in [2.75, 3.05) is 0 Å². The first-order valence-corrected chi connectivity index (χ1v) is 7.48. The SMILES string of the molecule is Cc1nc(C)c(C(=O)NCc2ccc3c(c2)ncn3C)s1. The fraction of sp³-hybridized carbons (Fsp3) is 0.267. The molecule has 0 aliphatic rings. The average molecular weight is 300 g/mol. The molecule has 2 aromatic heterocycles. The Morgan fingerprint density at radius 3 is 2.90 bits per heavy atom. The van der Waals surface area contributed by atoms with E-state index in [2.05, 4.69) is 15.3 Å². The van der Waals surface area contributed by atoms with E-state index in [4.69, 9.17) is 0 Å². The molecule has 6 heteroatoms. The standard InChI is InChI=1S/C15H16N4OS/c1-9-14(21-10(2)18-9)15(20)16-7-11-4-5-13-12(6-11)17-8-19(13)3/h4-6,8H,7H2,1-3H3,(H,16,20). The lowest BCUT2D eigenvalue weighted by Crippen LogP contribution is -2.22. The number of nitrogens with one attached hydrogen (secondary N) is 1. The van der Waals surface area contributed by atoms with Crippen molar-refractivity contribution >= 4 is 28.3 Å². The fourth-order valence-electron chi connectivity index (χ4n) is 2.30. The number of amides is 1. The van der Waals surface area contributed by atoms with Crippen molar-refractivity contribution in [2.24, 2.45) is 7.05 Å². The molecule has 0 aliphatic heterocycles. The van der Waals surface area contributed by atoms with Crippen LogP contribution in [0.25, 0.3) is 11.0 Å². The van der Waals surface area contributed by atoms with Crippen molar-refractivity contribution in [3.05, 3.63) is 45.7 Å². The Bertz CT molecular complexity index is 818. The van der Waals surface area contributed by atoms with Gasteiger partial charge in [0.1, 0.15) is 4.88 Å². The van der Waals surface area contributed by atoms with Gasteiger partial charge >= 0.3 is 0 Å². The molecule has 0 saturated heterocycles. The summed E-state index contributed by atoms with van der Waals surface area (Å²) in [5.74, 6) is -0.0702. The molecule has 2 heterocycles. The number of hydrogen-bond acceptors (Lipinski definition) is 4. The van der Waals surface area contributed by atoms with Crippen LogP contribution in [0.5, 0.6) is 0 Å². The van der Waals surface area contributed by atoms with Gasteiger partial charge in [-0.05, 0) is 31.5 Å². The lowest BCUT2D eigenvalue weighted by atomic mass is 10.2. The highest BCUT2D eigenvalue weighted by molar-refractivity contribution is 7.13. The topological polar surface area (TPSA) is 59.8 Å². The van der Waals surface area contributed by atoms with Crippen LogP contribution in [0.3, 0.4) is 0 Å². The second-order valence-corrected chi connectivity index (χ2v) is 6.21. The largest absolute Gasteiger partial charge is 0.347 e. The molecule has 0 unspecified atom stereocenters. The van der Waals surface area contributed by atoms with Crippen LogP contribution in [0.15, 0.2) is 24.5 Å². The zero-order valence-electron chi connectivity index (χ0n) is 12.2. The van der Waals surface area contributed by atoms with E-state index < -0.39 is 0 Å². The predicted molar refractivity (Wildman–Crippen MR) is 83.5 cm³/mol. The molecule has 0 aliphatic carbocycles. The van der Waals surface area contributed by atoms with E-state index in [0.717, 1.165) is 27.3 Å². The summed E-state index contributed by atoms with van der Waals surface area (Å²) < 4.78 is 1.97. The van der Waals surface area contributed by atoms with Gasteiger partial charge in [-0.15, -0.1) is 11.3 Å². The maximum Gasteiger partial charge on any atom is 0.263 e. The van der Waals surface area contributed by atoms with Crippen LogP contribution in [0.2, 0.25) is 0 Å². The van der Waals surface area contributed by atoms with Crippen LogP contribution in [0.1, 0.15) is 25.9 Å². The first kappa shape index (κ1) is 13.8. The summed E-state index contributed by atoms with van der Waals surface area (Å²) in [4.78, 5) is 21.4. The van der Waals surface area contributed by atoms with E-state index >= 15 is 0 Å². The van der Waals surface area contributed by atoms with Crippen LogP contribution < -0.4 is 5.32 Å². The Hall–Kier alpha value is -2.21.